The second kappa shape index (κ2) is 14.4. The number of aryl methyl sites for hydroxylation is 2. The summed E-state index contributed by atoms with van der Waals surface area (Å²) < 4.78 is 6.28. The Bertz CT molecular complexity index is 2790. The number of benzene rings is 5. The molecule has 0 spiro atoms. The van der Waals surface area contributed by atoms with Gasteiger partial charge in [-0.1, -0.05) is 109 Å². The Hall–Kier alpha value is -6.20. The molecule has 3 aromatic heterocycles. The third kappa shape index (κ3) is 6.97. The molecule has 2 N–H and O–H groups in total. The first-order valence-corrected chi connectivity index (χ1v) is 19.9. The minimum absolute atomic E-state index is 0.0376. The van der Waals surface area contributed by atoms with Crippen molar-refractivity contribution in [3.8, 4) is 67.7 Å². The molecule has 3 heterocycles. The molecular formula is C52H50N2O3. The number of pyridine rings is 2. The van der Waals surface area contributed by atoms with E-state index in [4.69, 9.17) is 14.4 Å². The first-order chi connectivity index (χ1) is 27.2. The number of nitrogens with zero attached hydrogens (tertiary/aromatic N) is 2. The van der Waals surface area contributed by atoms with Crippen LogP contribution in [0.15, 0.2) is 120 Å². The van der Waals surface area contributed by atoms with Crippen LogP contribution in [0.5, 0.6) is 11.5 Å². The molecule has 0 atom stereocenters. The van der Waals surface area contributed by atoms with Gasteiger partial charge in [0.05, 0.1) is 22.8 Å². The lowest BCUT2D eigenvalue weighted by Gasteiger charge is -2.23. The van der Waals surface area contributed by atoms with Crippen LogP contribution in [0.1, 0.15) is 88.1 Å². The van der Waals surface area contributed by atoms with Gasteiger partial charge >= 0.3 is 0 Å². The fourth-order valence-corrected chi connectivity index (χ4v) is 8.27. The standard InChI is InChI=1S/C52H50N2O3/c1-29(2)36-15-12-16-37(30(3)4)51(36)34-25-44(41-28-49-39(27-47(41)56)38-14-10-11-19-48(38)57-49)54-45(26-34)43-18-13-17-42(53-43)40-24-33(20-21-46(40)55)50-31(5)22-35(23-32(50)6)52(7,8)9/h10-30,55-56H,1-9H3. The van der Waals surface area contributed by atoms with Gasteiger partial charge < -0.3 is 14.6 Å². The highest BCUT2D eigenvalue weighted by atomic mass is 16.3. The van der Waals surface area contributed by atoms with Crippen LogP contribution in [-0.2, 0) is 5.41 Å². The van der Waals surface area contributed by atoms with Crippen LogP contribution in [0.2, 0.25) is 0 Å². The molecule has 5 nitrogen and oxygen atoms in total. The number of hydrogen-bond donors (Lipinski definition) is 2. The molecule has 0 fully saturated rings. The van der Waals surface area contributed by atoms with Gasteiger partial charge in [-0.05, 0) is 136 Å². The van der Waals surface area contributed by atoms with Crippen molar-refractivity contribution in [3.05, 3.63) is 143 Å². The fourth-order valence-electron chi connectivity index (χ4n) is 8.27. The van der Waals surface area contributed by atoms with Crippen LogP contribution in [0.25, 0.3) is 78.1 Å². The molecule has 286 valence electrons. The van der Waals surface area contributed by atoms with Gasteiger partial charge in [0.1, 0.15) is 22.7 Å². The summed E-state index contributed by atoms with van der Waals surface area (Å²) in [5.74, 6) is 0.819. The molecule has 57 heavy (non-hydrogen) atoms. The minimum atomic E-state index is 0.0376. The number of phenolic OH excluding ortho intramolecular Hbond substituents is 2. The zero-order valence-electron chi connectivity index (χ0n) is 34.3. The Labute approximate surface area is 335 Å². The predicted molar refractivity (Wildman–Crippen MR) is 236 cm³/mol. The first-order valence-electron chi connectivity index (χ1n) is 19.9. The third-order valence-corrected chi connectivity index (χ3v) is 11.2. The summed E-state index contributed by atoms with van der Waals surface area (Å²) >= 11 is 0. The molecule has 0 saturated heterocycles. The van der Waals surface area contributed by atoms with Gasteiger partial charge in [-0.25, -0.2) is 9.97 Å². The molecule has 0 radical (unpaired) electrons. The van der Waals surface area contributed by atoms with E-state index in [9.17, 15) is 10.2 Å². The highest BCUT2D eigenvalue weighted by molar-refractivity contribution is 6.07. The number of phenols is 2. The summed E-state index contributed by atoms with van der Waals surface area (Å²) in [5.41, 5.74) is 15.8. The van der Waals surface area contributed by atoms with Gasteiger partial charge in [0.2, 0.25) is 0 Å². The maximum atomic E-state index is 11.7. The molecule has 8 aromatic rings. The number of para-hydroxylation sites is 1. The number of rotatable bonds is 7. The maximum Gasteiger partial charge on any atom is 0.136 e. The van der Waals surface area contributed by atoms with E-state index in [-0.39, 0.29) is 28.7 Å². The van der Waals surface area contributed by atoms with E-state index in [2.05, 4.69) is 105 Å². The Kier molecular flexibility index (Phi) is 9.52. The number of furan rings is 1. The zero-order chi connectivity index (χ0) is 40.3. The van der Waals surface area contributed by atoms with Crippen molar-refractivity contribution in [1.29, 1.82) is 0 Å². The van der Waals surface area contributed by atoms with Crippen molar-refractivity contribution >= 4 is 21.9 Å². The van der Waals surface area contributed by atoms with Crippen LogP contribution in [0.4, 0.5) is 0 Å². The lowest BCUT2D eigenvalue weighted by atomic mass is 9.82. The smallest absolute Gasteiger partial charge is 0.136 e. The Morgan fingerprint density at radius 3 is 1.81 bits per heavy atom. The maximum absolute atomic E-state index is 11.7. The van der Waals surface area contributed by atoms with E-state index in [1.54, 1.807) is 12.1 Å². The third-order valence-electron chi connectivity index (χ3n) is 11.2. The number of fused-ring (bicyclic) bond motifs is 3. The number of hydrogen-bond acceptors (Lipinski definition) is 5. The van der Waals surface area contributed by atoms with Gasteiger partial charge in [-0.3, -0.25) is 0 Å². The van der Waals surface area contributed by atoms with Gasteiger partial charge in [0, 0.05) is 21.9 Å². The molecule has 0 aliphatic heterocycles. The summed E-state index contributed by atoms with van der Waals surface area (Å²) in [7, 11) is 0. The molecule has 8 rings (SSSR count). The molecule has 0 saturated carbocycles. The topological polar surface area (TPSA) is 79.4 Å². The quantitative estimate of drug-likeness (QED) is 0.170. The lowest BCUT2D eigenvalue weighted by molar-refractivity contribution is 0.477. The van der Waals surface area contributed by atoms with E-state index < -0.39 is 0 Å². The van der Waals surface area contributed by atoms with Gasteiger partial charge in [0.15, 0.2) is 0 Å². The molecule has 5 aromatic carbocycles. The fraction of sp³-hybridized carbons (Fsp3) is 0.231. The summed E-state index contributed by atoms with van der Waals surface area (Å²) in [6, 6.07) is 38.5. The summed E-state index contributed by atoms with van der Waals surface area (Å²) in [5, 5.41) is 24.8. The van der Waals surface area contributed by atoms with E-state index in [0.29, 0.717) is 39.5 Å². The normalized spacial score (nSPS) is 12.1. The summed E-state index contributed by atoms with van der Waals surface area (Å²) in [6.45, 7) is 19.9. The molecule has 0 amide bonds. The SMILES string of the molecule is Cc1cc(C(C)(C)C)cc(C)c1-c1ccc(O)c(-c2cccc(-c3cc(-c4c(C(C)C)cccc4C(C)C)cc(-c4cc5oc6ccccc6c5cc4O)n3)n2)c1. The van der Waals surface area contributed by atoms with Crippen LogP contribution >= 0.6 is 0 Å². The molecule has 5 heteroatoms. The van der Waals surface area contributed by atoms with Crippen molar-refractivity contribution in [2.24, 2.45) is 0 Å². The van der Waals surface area contributed by atoms with Crippen molar-refractivity contribution in [2.75, 3.05) is 0 Å². The largest absolute Gasteiger partial charge is 0.507 e. The second-order valence-corrected chi connectivity index (χ2v) is 17.1. The zero-order valence-corrected chi connectivity index (χ0v) is 34.3. The summed E-state index contributed by atoms with van der Waals surface area (Å²) in [6.07, 6.45) is 0. The highest BCUT2D eigenvalue weighted by Crippen LogP contribution is 2.43. The van der Waals surface area contributed by atoms with E-state index in [1.165, 1.54) is 33.4 Å². The predicted octanol–water partition coefficient (Wildman–Crippen LogP) is 14.3. The molecular weight excluding hydrogens is 701 g/mol. The van der Waals surface area contributed by atoms with Crippen LogP contribution in [-0.4, -0.2) is 20.2 Å². The van der Waals surface area contributed by atoms with Crippen molar-refractivity contribution < 1.29 is 14.6 Å². The monoisotopic (exact) mass is 750 g/mol. The lowest BCUT2D eigenvalue weighted by Crippen LogP contribution is -2.12. The first kappa shape index (κ1) is 37.7. The Morgan fingerprint density at radius 2 is 1.12 bits per heavy atom. The second-order valence-electron chi connectivity index (χ2n) is 17.1. The van der Waals surface area contributed by atoms with Crippen molar-refractivity contribution in [1.82, 2.24) is 9.97 Å². The molecule has 0 unspecified atom stereocenters. The number of aromatic nitrogens is 2. The highest BCUT2D eigenvalue weighted by Gasteiger charge is 2.22. The van der Waals surface area contributed by atoms with Crippen molar-refractivity contribution in [3.63, 3.8) is 0 Å². The van der Waals surface area contributed by atoms with E-state index in [0.717, 1.165) is 33.0 Å². The molecule has 0 bridgehead atoms. The van der Waals surface area contributed by atoms with Crippen LogP contribution < -0.4 is 0 Å². The number of aromatic hydroxyl groups is 2. The van der Waals surface area contributed by atoms with Gasteiger partial charge in [0.25, 0.3) is 0 Å². The van der Waals surface area contributed by atoms with Crippen LogP contribution in [0.3, 0.4) is 0 Å². The van der Waals surface area contributed by atoms with E-state index >= 15 is 0 Å². The van der Waals surface area contributed by atoms with Crippen molar-refractivity contribution in [2.45, 2.75) is 79.6 Å². The van der Waals surface area contributed by atoms with Crippen LogP contribution in [0, 0.1) is 13.8 Å². The average molecular weight is 751 g/mol. The summed E-state index contributed by atoms with van der Waals surface area (Å²) in [4.78, 5) is 10.4. The van der Waals surface area contributed by atoms with Gasteiger partial charge in [-0.2, -0.15) is 0 Å². The Morgan fingerprint density at radius 1 is 0.509 bits per heavy atom. The molecule has 0 aliphatic carbocycles. The Balaban J connectivity index is 1.32. The molecule has 0 aliphatic rings. The van der Waals surface area contributed by atoms with E-state index in [1.807, 2.05) is 60.7 Å². The minimum Gasteiger partial charge on any atom is -0.507 e. The van der Waals surface area contributed by atoms with Gasteiger partial charge in [-0.15, -0.1) is 0 Å². The average Bonchev–Trinajstić information content (AvgIpc) is 3.54.